The van der Waals surface area contributed by atoms with Crippen molar-refractivity contribution in [1.82, 2.24) is 10.3 Å². The van der Waals surface area contributed by atoms with Gasteiger partial charge in [-0.3, -0.25) is 0 Å². The molecule has 0 aliphatic carbocycles. The van der Waals surface area contributed by atoms with Crippen molar-refractivity contribution in [3.63, 3.8) is 0 Å². The molecule has 0 aromatic carbocycles. The van der Waals surface area contributed by atoms with Gasteiger partial charge in [-0.1, -0.05) is 27.7 Å². The van der Waals surface area contributed by atoms with E-state index in [1.54, 1.807) is 11.3 Å². The molecule has 0 aliphatic heterocycles. The molecular weight excluding hydrogens is 204 g/mol. The average molecular weight is 226 g/mol. The molecule has 0 spiro atoms. The summed E-state index contributed by atoms with van der Waals surface area (Å²) in [6.07, 6.45) is 4.15. The summed E-state index contributed by atoms with van der Waals surface area (Å²) in [5.74, 6) is 0. The fraction of sp³-hybridized carbons (Fsp3) is 0.750. The largest absolute Gasteiger partial charge is 0.314 e. The van der Waals surface area contributed by atoms with Crippen molar-refractivity contribution in [1.29, 1.82) is 0 Å². The minimum Gasteiger partial charge on any atom is -0.314 e. The molecule has 2 nitrogen and oxygen atoms in total. The van der Waals surface area contributed by atoms with E-state index in [0.29, 0.717) is 11.5 Å². The maximum absolute atomic E-state index is 4.32. The van der Waals surface area contributed by atoms with Gasteiger partial charge in [-0.15, -0.1) is 11.3 Å². The van der Waals surface area contributed by atoms with Crippen LogP contribution in [0.4, 0.5) is 0 Å². The van der Waals surface area contributed by atoms with Crippen molar-refractivity contribution in [3.8, 4) is 0 Å². The van der Waals surface area contributed by atoms with Gasteiger partial charge in [0.15, 0.2) is 0 Å². The highest BCUT2D eigenvalue weighted by Crippen LogP contribution is 2.23. The first-order chi connectivity index (χ1) is 7.04. The van der Waals surface area contributed by atoms with Gasteiger partial charge in [0.1, 0.15) is 0 Å². The molecule has 0 saturated heterocycles. The van der Waals surface area contributed by atoms with Crippen LogP contribution in [0.25, 0.3) is 0 Å². The summed E-state index contributed by atoms with van der Waals surface area (Å²) in [6, 6.07) is 0.575. The smallest absolute Gasteiger partial charge is 0.0925 e. The van der Waals surface area contributed by atoms with Crippen LogP contribution in [-0.4, -0.2) is 17.6 Å². The topological polar surface area (TPSA) is 24.9 Å². The maximum atomic E-state index is 4.32. The second kappa shape index (κ2) is 5.61. The van der Waals surface area contributed by atoms with Gasteiger partial charge in [0.05, 0.1) is 5.01 Å². The van der Waals surface area contributed by atoms with Crippen molar-refractivity contribution in [2.45, 2.75) is 46.6 Å². The van der Waals surface area contributed by atoms with E-state index >= 15 is 0 Å². The van der Waals surface area contributed by atoms with Crippen LogP contribution in [0, 0.1) is 5.41 Å². The minimum absolute atomic E-state index is 0.327. The molecule has 0 aliphatic rings. The molecule has 0 fully saturated rings. The van der Waals surface area contributed by atoms with Gasteiger partial charge in [-0.05, 0) is 18.4 Å². The molecule has 1 unspecified atom stereocenters. The van der Waals surface area contributed by atoms with E-state index in [-0.39, 0.29) is 0 Å². The number of aromatic nitrogens is 1. The third kappa shape index (κ3) is 4.31. The predicted molar refractivity (Wildman–Crippen MR) is 67.4 cm³/mol. The molecule has 15 heavy (non-hydrogen) atoms. The first-order valence-corrected chi connectivity index (χ1v) is 6.53. The van der Waals surface area contributed by atoms with Gasteiger partial charge in [-0.2, -0.15) is 0 Å². The predicted octanol–water partition coefficient (Wildman–Crippen LogP) is 3.10. The van der Waals surface area contributed by atoms with Crippen LogP contribution in [0.15, 0.2) is 11.6 Å². The van der Waals surface area contributed by atoms with Crippen molar-refractivity contribution < 1.29 is 0 Å². The number of hydrogen-bond donors (Lipinski definition) is 1. The van der Waals surface area contributed by atoms with Crippen LogP contribution in [0.1, 0.15) is 39.1 Å². The number of aryl methyl sites for hydroxylation is 1. The fourth-order valence-electron chi connectivity index (χ4n) is 1.73. The number of nitrogens with one attached hydrogen (secondary N) is 1. The summed E-state index contributed by atoms with van der Waals surface area (Å²) in [5, 5.41) is 6.86. The van der Waals surface area contributed by atoms with Gasteiger partial charge in [0.25, 0.3) is 0 Å². The highest BCUT2D eigenvalue weighted by molar-refractivity contribution is 7.09. The SMILES string of the molecule is CCNC(CCc1nccs1)C(C)(C)C. The summed E-state index contributed by atoms with van der Waals surface area (Å²) in [6.45, 7) is 10.1. The monoisotopic (exact) mass is 226 g/mol. The van der Waals surface area contributed by atoms with Crippen molar-refractivity contribution in [2.24, 2.45) is 5.41 Å². The van der Waals surface area contributed by atoms with E-state index in [9.17, 15) is 0 Å². The maximum Gasteiger partial charge on any atom is 0.0925 e. The molecule has 1 aromatic heterocycles. The summed E-state index contributed by atoms with van der Waals surface area (Å²) >= 11 is 1.75. The highest BCUT2D eigenvalue weighted by atomic mass is 32.1. The third-order valence-electron chi connectivity index (χ3n) is 2.63. The minimum atomic E-state index is 0.327. The van der Waals surface area contributed by atoms with Crippen LogP contribution in [0.5, 0.6) is 0 Å². The zero-order chi connectivity index (χ0) is 11.3. The third-order valence-corrected chi connectivity index (χ3v) is 3.47. The lowest BCUT2D eigenvalue weighted by atomic mass is 9.84. The van der Waals surface area contributed by atoms with E-state index in [4.69, 9.17) is 0 Å². The normalized spacial score (nSPS) is 14.1. The Morgan fingerprint density at radius 3 is 2.67 bits per heavy atom. The van der Waals surface area contributed by atoms with Gasteiger partial charge in [0, 0.05) is 24.0 Å². The van der Waals surface area contributed by atoms with Gasteiger partial charge < -0.3 is 5.32 Å². The number of hydrogen-bond acceptors (Lipinski definition) is 3. The number of nitrogens with zero attached hydrogens (tertiary/aromatic N) is 1. The van der Waals surface area contributed by atoms with E-state index in [2.05, 4.69) is 43.4 Å². The van der Waals surface area contributed by atoms with Gasteiger partial charge in [-0.25, -0.2) is 4.98 Å². The molecule has 0 amide bonds. The molecule has 0 saturated carbocycles. The second-order valence-corrected chi connectivity index (χ2v) is 5.92. The van der Waals surface area contributed by atoms with Gasteiger partial charge >= 0.3 is 0 Å². The number of thiazole rings is 1. The number of rotatable bonds is 5. The Morgan fingerprint density at radius 2 is 2.20 bits per heavy atom. The average Bonchev–Trinajstić information content (AvgIpc) is 2.62. The Bertz CT molecular complexity index is 262. The summed E-state index contributed by atoms with van der Waals surface area (Å²) < 4.78 is 0. The Labute approximate surface area is 97.1 Å². The first kappa shape index (κ1) is 12.7. The Kier molecular flexibility index (Phi) is 4.74. The standard InChI is InChI=1S/C12H22N2S/c1-5-13-10(12(2,3)4)6-7-11-14-8-9-15-11/h8-10,13H,5-7H2,1-4H3. The first-order valence-electron chi connectivity index (χ1n) is 5.65. The van der Waals surface area contributed by atoms with Crippen LogP contribution in [0.3, 0.4) is 0 Å². The summed E-state index contributed by atoms with van der Waals surface area (Å²) in [5.41, 5.74) is 0.327. The Balaban J connectivity index is 2.45. The summed E-state index contributed by atoms with van der Waals surface area (Å²) in [4.78, 5) is 4.32. The van der Waals surface area contributed by atoms with Crippen LogP contribution in [-0.2, 0) is 6.42 Å². The van der Waals surface area contributed by atoms with E-state index in [1.807, 2.05) is 6.20 Å². The molecule has 86 valence electrons. The lowest BCUT2D eigenvalue weighted by Gasteiger charge is -2.31. The lowest BCUT2D eigenvalue weighted by Crippen LogP contribution is -2.40. The Hall–Kier alpha value is -0.410. The van der Waals surface area contributed by atoms with Crippen molar-refractivity contribution >= 4 is 11.3 Å². The fourth-order valence-corrected chi connectivity index (χ4v) is 2.37. The van der Waals surface area contributed by atoms with Crippen LogP contribution >= 0.6 is 11.3 Å². The molecule has 1 rings (SSSR count). The Morgan fingerprint density at radius 1 is 1.47 bits per heavy atom. The van der Waals surface area contributed by atoms with E-state index in [0.717, 1.165) is 13.0 Å². The molecular formula is C12H22N2S. The van der Waals surface area contributed by atoms with Crippen molar-refractivity contribution in [3.05, 3.63) is 16.6 Å². The molecule has 1 heterocycles. The van der Waals surface area contributed by atoms with Crippen molar-refractivity contribution in [2.75, 3.05) is 6.54 Å². The van der Waals surface area contributed by atoms with Crippen LogP contribution < -0.4 is 5.32 Å². The zero-order valence-electron chi connectivity index (χ0n) is 10.2. The van der Waals surface area contributed by atoms with E-state index < -0.39 is 0 Å². The summed E-state index contributed by atoms with van der Waals surface area (Å²) in [7, 11) is 0. The van der Waals surface area contributed by atoms with Gasteiger partial charge in [0.2, 0.25) is 0 Å². The quantitative estimate of drug-likeness (QED) is 0.834. The lowest BCUT2D eigenvalue weighted by molar-refractivity contribution is 0.258. The molecule has 1 N–H and O–H groups in total. The molecule has 0 bridgehead atoms. The highest BCUT2D eigenvalue weighted by Gasteiger charge is 2.23. The molecule has 1 aromatic rings. The molecule has 1 atom stereocenters. The zero-order valence-corrected chi connectivity index (χ0v) is 11.0. The van der Waals surface area contributed by atoms with Crippen LogP contribution in [0.2, 0.25) is 0 Å². The van der Waals surface area contributed by atoms with E-state index in [1.165, 1.54) is 11.4 Å². The molecule has 0 radical (unpaired) electrons. The molecule has 3 heteroatoms. The second-order valence-electron chi connectivity index (χ2n) is 4.94.